The normalized spacial score (nSPS) is 22.7. The number of carboxylic acid groups (broad SMARTS) is 1. The van der Waals surface area contributed by atoms with E-state index in [-0.39, 0.29) is 23.0 Å². The van der Waals surface area contributed by atoms with Crippen LogP contribution in [0.3, 0.4) is 0 Å². The zero-order valence-corrected chi connectivity index (χ0v) is 10.4. The first-order valence-corrected chi connectivity index (χ1v) is 6.09. The molecule has 1 heterocycles. The number of aromatic nitrogens is 1. The van der Waals surface area contributed by atoms with E-state index in [4.69, 9.17) is 16.7 Å². The van der Waals surface area contributed by atoms with Gasteiger partial charge in [-0.15, -0.1) is 0 Å². The van der Waals surface area contributed by atoms with Gasteiger partial charge in [0, 0.05) is 17.8 Å². The Labute approximate surface area is 109 Å². The SMILES string of the molecule is O=C(NC1CCC(C(=O)O)C1)c1ccnc(Cl)c1. The van der Waals surface area contributed by atoms with Gasteiger partial charge in [0.2, 0.25) is 0 Å². The number of carbonyl (C=O) groups is 2. The molecule has 5 nitrogen and oxygen atoms in total. The Morgan fingerprint density at radius 3 is 2.83 bits per heavy atom. The molecule has 1 fully saturated rings. The van der Waals surface area contributed by atoms with E-state index in [0.717, 1.165) is 0 Å². The zero-order chi connectivity index (χ0) is 13.1. The Kier molecular flexibility index (Phi) is 3.81. The van der Waals surface area contributed by atoms with E-state index in [9.17, 15) is 9.59 Å². The summed E-state index contributed by atoms with van der Waals surface area (Å²) < 4.78 is 0. The Morgan fingerprint density at radius 2 is 2.22 bits per heavy atom. The Bertz CT molecular complexity index is 478. The average molecular weight is 269 g/mol. The average Bonchev–Trinajstić information content (AvgIpc) is 2.77. The fourth-order valence-electron chi connectivity index (χ4n) is 2.15. The van der Waals surface area contributed by atoms with Gasteiger partial charge < -0.3 is 10.4 Å². The standard InChI is InChI=1S/C12H13ClN2O3/c13-10-6-7(3-4-14-10)11(16)15-9-2-1-8(5-9)12(17)18/h3-4,6,8-9H,1-2,5H2,(H,15,16)(H,17,18). The minimum Gasteiger partial charge on any atom is -0.481 e. The van der Waals surface area contributed by atoms with Crippen molar-refractivity contribution in [1.82, 2.24) is 10.3 Å². The van der Waals surface area contributed by atoms with Crippen LogP contribution in [0, 0.1) is 5.92 Å². The molecule has 2 rings (SSSR count). The number of hydrogen-bond acceptors (Lipinski definition) is 3. The topological polar surface area (TPSA) is 79.3 Å². The molecule has 0 aliphatic heterocycles. The Balaban J connectivity index is 1.95. The molecule has 2 unspecified atom stereocenters. The lowest BCUT2D eigenvalue weighted by molar-refractivity contribution is -0.141. The van der Waals surface area contributed by atoms with Crippen molar-refractivity contribution in [3.05, 3.63) is 29.0 Å². The van der Waals surface area contributed by atoms with Gasteiger partial charge in [0.15, 0.2) is 0 Å². The van der Waals surface area contributed by atoms with Crippen molar-refractivity contribution in [1.29, 1.82) is 0 Å². The first kappa shape index (κ1) is 12.8. The summed E-state index contributed by atoms with van der Waals surface area (Å²) in [6.07, 6.45) is 3.25. The molecule has 1 aliphatic rings. The van der Waals surface area contributed by atoms with Gasteiger partial charge in [-0.2, -0.15) is 0 Å². The summed E-state index contributed by atoms with van der Waals surface area (Å²) in [5.74, 6) is -1.38. The lowest BCUT2D eigenvalue weighted by Gasteiger charge is -2.12. The van der Waals surface area contributed by atoms with Gasteiger partial charge in [0.05, 0.1) is 5.92 Å². The van der Waals surface area contributed by atoms with Crippen molar-refractivity contribution in [2.24, 2.45) is 5.92 Å². The van der Waals surface area contributed by atoms with Crippen LogP contribution in [0.1, 0.15) is 29.6 Å². The van der Waals surface area contributed by atoms with Gasteiger partial charge in [0.1, 0.15) is 5.15 Å². The molecule has 0 aromatic carbocycles. The number of rotatable bonds is 3. The highest BCUT2D eigenvalue weighted by atomic mass is 35.5. The smallest absolute Gasteiger partial charge is 0.306 e. The predicted octanol–water partition coefficient (Wildman–Crippen LogP) is 1.72. The minimum atomic E-state index is -0.793. The number of halogens is 1. The first-order valence-electron chi connectivity index (χ1n) is 5.71. The zero-order valence-electron chi connectivity index (χ0n) is 9.60. The molecule has 0 saturated heterocycles. The highest BCUT2D eigenvalue weighted by molar-refractivity contribution is 6.29. The van der Waals surface area contributed by atoms with Gasteiger partial charge in [-0.05, 0) is 31.4 Å². The highest BCUT2D eigenvalue weighted by Gasteiger charge is 2.30. The molecule has 1 amide bonds. The quantitative estimate of drug-likeness (QED) is 0.818. The molecule has 2 N–H and O–H groups in total. The largest absolute Gasteiger partial charge is 0.481 e. The summed E-state index contributed by atoms with van der Waals surface area (Å²) in [4.78, 5) is 26.5. The fourth-order valence-corrected chi connectivity index (χ4v) is 2.32. The number of hydrogen-bond donors (Lipinski definition) is 2. The number of nitrogens with zero attached hydrogens (tertiary/aromatic N) is 1. The van der Waals surface area contributed by atoms with Crippen molar-refractivity contribution < 1.29 is 14.7 Å². The first-order chi connectivity index (χ1) is 8.56. The molecular weight excluding hydrogens is 256 g/mol. The van der Waals surface area contributed by atoms with Gasteiger partial charge in [-0.3, -0.25) is 9.59 Å². The van der Waals surface area contributed by atoms with Gasteiger partial charge in [0.25, 0.3) is 5.91 Å². The maximum Gasteiger partial charge on any atom is 0.306 e. The minimum absolute atomic E-state index is 0.0782. The van der Waals surface area contributed by atoms with E-state index < -0.39 is 5.97 Å². The van der Waals surface area contributed by atoms with E-state index in [0.29, 0.717) is 24.8 Å². The molecule has 96 valence electrons. The molecule has 1 aromatic rings. The van der Waals surface area contributed by atoms with E-state index >= 15 is 0 Å². The van der Waals surface area contributed by atoms with Crippen molar-refractivity contribution in [3.63, 3.8) is 0 Å². The summed E-state index contributed by atoms with van der Waals surface area (Å²) in [5, 5.41) is 12.0. The Morgan fingerprint density at radius 1 is 1.44 bits per heavy atom. The predicted molar refractivity (Wildman–Crippen MR) is 65.5 cm³/mol. The van der Waals surface area contributed by atoms with Gasteiger partial charge in [-0.25, -0.2) is 4.98 Å². The van der Waals surface area contributed by atoms with Gasteiger partial charge in [-0.1, -0.05) is 11.6 Å². The van der Waals surface area contributed by atoms with Crippen LogP contribution in [0.4, 0.5) is 0 Å². The third-order valence-corrected chi connectivity index (χ3v) is 3.31. The second-order valence-corrected chi connectivity index (χ2v) is 4.77. The van der Waals surface area contributed by atoms with E-state index in [1.165, 1.54) is 12.3 Å². The van der Waals surface area contributed by atoms with E-state index in [1.54, 1.807) is 6.07 Å². The molecular formula is C12H13ClN2O3. The summed E-state index contributed by atoms with van der Waals surface area (Å²) in [7, 11) is 0. The summed E-state index contributed by atoms with van der Waals surface area (Å²) in [6, 6.07) is 2.98. The molecule has 1 aliphatic carbocycles. The molecule has 1 saturated carbocycles. The number of aliphatic carboxylic acids is 1. The van der Waals surface area contributed by atoms with Crippen LogP contribution in [0.15, 0.2) is 18.3 Å². The summed E-state index contributed by atoms with van der Waals surface area (Å²) >= 11 is 5.70. The van der Waals surface area contributed by atoms with Crippen molar-refractivity contribution >= 4 is 23.5 Å². The molecule has 6 heteroatoms. The van der Waals surface area contributed by atoms with Crippen LogP contribution >= 0.6 is 11.6 Å². The van der Waals surface area contributed by atoms with Crippen LogP contribution < -0.4 is 5.32 Å². The lowest BCUT2D eigenvalue weighted by Crippen LogP contribution is -2.33. The highest BCUT2D eigenvalue weighted by Crippen LogP contribution is 2.25. The lowest BCUT2D eigenvalue weighted by atomic mass is 10.1. The molecule has 0 spiro atoms. The summed E-state index contributed by atoms with van der Waals surface area (Å²) in [6.45, 7) is 0. The van der Waals surface area contributed by atoms with Crippen LogP contribution in [-0.2, 0) is 4.79 Å². The molecule has 18 heavy (non-hydrogen) atoms. The number of carboxylic acids is 1. The van der Waals surface area contributed by atoms with Crippen LogP contribution in [0.25, 0.3) is 0 Å². The van der Waals surface area contributed by atoms with E-state index in [2.05, 4.69) is 10.3 Å². The molecule has 0 radical (unpaired) electrons. The third-order valence-electron chi connectivity index (χ3n) is 3.11. The van der Waals surface area contributed by atoms with Crippen molar-refractivity contribution in [2.75, 3.05) is 0 Å². The monoisotopic (exact) mass is 268 g/mol. The number of nitrogens with one attached hydrogen (secondary N) is 1. The number of amides is 1. The second kappa shape index (κ2) is 5.35. The van der Waals surface area contributed by atoms with Crippen LogP contribution in [0.2, 0.25) is 5.15 Å². The fraction of sp³-hybridized carbons (Fsp3) is 0.417. The van der Waals surface area contributed by atoms with Crippen LogP contribution in [-0.4, -0.2) is 28.0 Å². The Hall–Kier alpha value is -1.62. The number of carbonyl (C=O) groups excluding carboxylic acids is 1. The van der Waals surface area contributed by atoms with E-state index in [1.807, 2.05) is 0 Å². The summed E-state index contributed by atoms with van der Waals surface area (Å²) in [5.41, 5.74) is 0.439. The van der Waals surface area contributed by atoms with Crippen LogP contribution in [0.5, 0.6) is 0 Å². The second-order valence-electron chi connectivity index (χ2n) is 4.39. The molecule has 2 atom stereocenters. The molecule has 0 bridgehead atoms. The third kappa shape index (κ3) is 2.98. The molecule has 1 aromatic heterocycles. The van der Waals surface area contributed by atoms with Crippen molar-refractivity contribution in [2.45, 2.75) is 25.3 Å². The maximum absolute atomic E-state index is 11.9. The number of pyridine rings is 1. The van der Waals surface area contributed by atoms with Gasteiger partial charge >= 0.3 is 5.97 Å². The maximum atomic E-state index is 11.9. The van der Waals surface area contributed by atoms with Crippen molar-refractivity contribution in [3.8, 4) is 0 Å².